The zero-order chi connectivity index (χ0) is 14.5. The summed E-state index contributed by atoms with van der Waals surface area (Å²) in [5.74, 6) is -1.02. The van der Waals surface area contributed by atoms with Gasteiger partial charge in [0, 0.05) is 25.0 Å². The quantitative estimate of drug-likeness (QED) is 0.878. The van der Waals surface area contributed by atoms with Gasteiger partial charge < -0.3 is 10.2 Å². The van der Waals surface area contributed by atoms with Crippen LogP contribution in [0, 0.1) is 11.6 Å². The van der Waals surface area contributed by atoms with Crippen LogP contribution in [0.15, 0.2) is 29.6 Å². The van der Waals surface area contributed by atoms with Gasteiger partial charge in [-0.2, -0.15) is 0 Å². The maximum Gasteiger partial charge on any atom is 0.149 e. The second-order valence-corrected chi connectivity index (χ2v) is 5.72. The van der Waals surface area contributed by atoms with Crippen molar-refractivity contribution in [1.82, 2.24) is 5.32 Å². The Morgan fingerprint density at radius 3 is 2.50 bits per heavy atom. The van der Waals surface area contributed by atoms with Crippen molar-refractivity contribution in [3.63, 3.8) is 0 Å². The SMILES string of the molecule is CNCc1cc(F)c(N(C)CCc2cccs2)c(F)c1. The molecule has 1 aromatic carbocycles. The fraction of sp³-hybridized carbons (Fsp3) is 0.333. The normalized spacial score (nSPS) is 10.8. The zero-order valence-electron chi connectivity index (χ0n) is 11.6. The van der Waals surface area contributed by atoms with E-state index in [-0.39, 0.29) is 5.69 Å². The highest BCUT2D eigenvalue weighted by Gasteiger charge is 2.15. The predicted octanol–water partition coefficient (Wildman–Crippen LogP) is 3.42. The first kappa shape index (κ1) is 14.9. The molecule has 0 saturated carbocycles. The molecule has 0 aliphatic rings. The van der Waals surface area contributed by atoms with Crippen molar-refractivity contribution < 1.29 is 8.78 Å². The number of nitrogens with zero attached hydrogens (tertiary/aromatic N) is 1. The van der Waals surface area contributed by atoms with E-state index in [1.54, 1.807) is 30.3 Å². The number of hydrogen-bond acceptors (Lipinski definition) is 3. The molecule has 5 heteroatoms. The van der Waals surface area contributed by atoms with Gasteiger partial charge in [-0.25, -0.2) is 8.78 Å². The summed E-state index contributed by atoms with van der Waals surface area (Å²) in [6.45, 7) is 1.03. The Labute approximate surface area is 122 Å². The lowest BCUT2D eigenvalue weighted by molar-refractivity contribution is 0.572. The number of likely N-dealkylation sites (N-methyl/N-ethyl adjacent to an activating group) is 1. The number of anilines is 1. The molecule has 0 aliphatic carbocycles. The van der Waals surface area contributed by atoms with Gasteiger partial charge in [0.15, 0.2) is 0 Å². The van der Waals surface area contributed by atoms with Gasteiger partial charge in [0.25, 0.3) is 0 Å². The molecule has 0 radical (unpaired) electrons. The average Bonchev–Trinajstić information content (AvgIpc) is 2.89. The van der Waals surface area contributed by atoms with Crippen molar-refractivity contribution in [2.45, 2.75) is 13.0 Å². The minimum absolute atomic E-state index is 0.0430. The van der Waals surface area contributed by atoms with Crippen LogP contribution in [0.3, 0.4) is 0 Å². The number of benzene rings is 1. The number of nitrogens with one attached hydrogen (secondary N) is 1. The smallest absolute Gasteiger partial charge is 0.149 e. The first-order valence-corrected chi connectivity index (χ1v) is 7.36. The number of halogens is 2. The Balaban J connectivity index is 2.10. The van der Waals surface area contributed by atoms with Crippen LogP contribution >= 0.6 is 11.3 Å². The van der Waals surface area contributed by atoms with E-state index in [9.17, 15) is 8.78 Å². The summed E-state index contributed by atoms with van der Waals surface area (Å²) in [5.41, 5.74) is 0.652. The highest BCUT2D eigenvalue weighted by molar-refractivity contribution is 7.09. The van der Waals surface area contributed by atoms with Gasteiger partial charge >= 0.3 is 0 Å². The van der Waals surface area contributed by atoms with Crippen LogP contribution in [0.2, 0.25) is 0 Å². The van der Waals surface area contributed by atoms with E-state index in [2.05, 4.69) is 5.32 Å². The largest absolute Gasteiger partial charge is 0.369 e. The van der Waals surface area contributed by atoms with Crippen molar-refractivity contribution >= 4 is 17.0 Å². The second-order valence-electron chi connectivity index (χ2n) is 4.69. The summed E-state index contributed by atoms with van der Waals surface area (Å²) in [7, 11) is 3.46. The van der Waals surface area contributed by atoms with Crippen LogP contribution < -0.4 is 10.2 Å². The molecule has 0 bridgehead atoms. The molecular weight excluding hydrogens is 278 g/mol. The Morgan fingerprint density at radius 2 is 1.95 bits per heavy atom. The van der Waals surface area contributed by atoms with Gasteiger partial charge in [-0.05, 0) is 42.6 Å². The molecule has 0 unspecified atom stereocenters. The third kappa shape index (κ3) is 3.55. The Morgan fingerprint density at radius 1 is 1.25 bits per heavy atom. The van der Waals surface area contributed by atoms with Crippen molar-refractivity contribution in [2.24, 2.45) is 0 Å². The van der Waals surface area contributed by atoms with Gasteiger partial charge in [-0.3, -0.25) is 0 Å². The molecular formula is C15H18F2N2S. The van der Waals surface area contributed by atoms with Crippen LogP contribution in [-0.4, -0.2) is 20.6 Å². The molecule has 0 aliphatic heterocycles. The summed E-state index contributed by atoms with van der Waals surface area (Å²) in [6.07, 6.45) is 0.783. The third-order valence-electron chi connectivity index (χ3n) is 3.11. The molecule has 20 heavy (non-hydrogen) atoms. The van der Waals surface area contributed by atoms with Crippen LogP contribution in [0.5, 0.6) is 0 Å². The minimum Gasteiger partial charge on any atom is -0.369 e. The van der Waals surface area contributed by atoms with Crippen molar-refractivity contribution in [3.05, 3.63) is 51.7 Å². The van der Waals surface area contributed by atoms with Crippen LogP contribution in [-0.2, 0) is 13.0 Å². The van der Waals surface area contributed by atoms with E-state index in [4.69, 9.17) is 0 Å². The lowest BCUT2D eigenvalue weighted by atomic mass is 10.1. The fourth-order valence-corrected chi connectivity index (χ4v) is 2.83. The third-order valence-corrected chi connectivity index (χ3v) is 4.05. The second kappa shape index (κ2) is 6.81. The summed E-state index contributed by atoms with van der Waals surface area (Å²) >= 11 is 1.66. The first-order chi connectivity index (χ1) is 9.61. The van der Waals surface area contributed by atoms with E-state index in [1.165, 1.54) is 17.0 Å². The van der Waals surface area contributed by atoms with Gasteiger partial charge in [0.1, 0.15) is 17.3 Å². The van der Waals surface area contributed by atoms with Crippen molar-refractivity contribution in [2.75, 3.05) is 25.5 Å². The number of hydrogen-bond donors (Lipinski definition) is 1. The molecule has 1 aromatic heterocycles. The standard InChI is InChI=1S/C15H18F2N2S/c1-18-10-11-8-13(16)15(14(17)9-11)19(2)6-5-12-4-3-7-20-12/h3-4,7-9,18H,5-6,10H2,1-2H3. The maximum atomic E-state index is 14.0. The summed E-state index contributed by atoms with van der Waals surface area (Å²) < 4.78 is 28.1. The summed E-state index contributed by atoms with van der Waals surface area (Å²) in [4.78, 5) is 2.84. The van der Waals surface area contributed by atoms with E-state index < -0.39 is 11.6 Å². The zero-order valence-corrected chi connectivity index (χ0v) is 12.4. The lowest BCUT2D eigenvalue weighted by Gasteiger charge is -2.21. The number of rotatable bonds is 6. The van der Waals surface area contributed by atoms with Crippen molar-refractivity contribution in [1.29, 1.82) is 0 Å². The van der Waals surface area contributed by atoms with Crippen LogP contribution in [0.1, 0.15) is 10.4 Å². The van der Waals surface area contributed by atoms with Gasteiger partial charge in [-0.1, -0.05) is 6.07 Å². The molecule has 2 aromatic rings. The average molecular weight is 296 g/mol. The van der Waals surface area contributed by atoms with E-state index in [0.717, 1.165) is 6.42 Å². The summed E-state index contributed by atoms with van der Waals surface area (Å²) in [5, 5.41) is 4.89. The first-order valence-electron chi connectivity index (χ1n) is 6.48. The Bertz CT molecular complexity index is 532. The lowest BCUT2D eigenvalue weighted by Crippen LogP contribution is -2.23. The molecule has 1 heterocycles. The molecule has 0 saturated heterocycles. The van der Waals surface area contributed by atoms with Gasteiger partial charge in [0.2, 0.25) is 0 Å². The fourth-order valence-electron chi connectivity index (χ4n) is 2.13. The van der Waals surface area contributed by atoms with Crippen LogP contribution in [0.25, 0.3) is 0 Å². The van der Waals surface area contributed by atoms with Crippen LogP contribution in [0.4, 0.5) is 14.5 Å². The van der Waals surface area contributed by atoms with E-state index >= 15 is 0 Å². The molecule has 0 spiro atoms. The van der Waals surface area contributed by atoms with Crippen molar-refractivity contribution in [3.8, 4) is 0 Å². The molecule has 108 valence electrons. The minimum atomic E-state index is -0.510. The molecule has 0 amide bonds. The van der Waals surface area contributed by atoms with Gasteiger partial charge in [0.05, 0.1) is 0 Å². The number of thiophene rings is 1. The van der Waals surface area contributed by atoms with E-state index in [0.29, 0.717) is 18.7 Å². The topological polar surface area (TPSA) is 15.3 Å². The molecule has 2 nitrogen and oxygen atoms in total. The maximum absolute atomic E-state index is 14.0. The predicted molar refractivity (Wildman–Crippen MR) is 80.4 cm³/mol. The molecule has 0 fully saturated rings. The highest BCUT2D eigenvalue weighted by atomic mass is 32.1. The molecule has 1 N–H and O–H groups in total. The van der Waals surface area contributed by atoms with E-state index in [1.807, 2.05) is 17.5 Å². The molecule has 2 rings (SSSR count). The van der Waals surface area contributed by atoms with Gasteiger partial charge in [-0.15, -0.1) is 11.3 Å². The monoisotopic (exact) mass is 296 g/mol. The molecule has 0 atom stereocenters. The highest BCUT2D eigenvalue weighted by Crippen LogP contribution is 2.24. The Hall–Kier alpha value is -1.46. The summed E-state index contributed by atoms with van der Waals surface area (Å²) in [6, 6.07) is 6.78. The Kier molecular flexibility index (Phi) is 5.09.